The van der Waals surface area contributed by atoms with Crippen molar-refractivity contribution in [3.8, 4) is 23.0 Å². The summed E-state index contributed by atoms with van der Waals surface area (Å²) in [4.78, 5) is 18.3. The molecule has 3 fully saturated rings. The third-order valence-electron chi connectivity index (χ3n) is 10.1. The molecule has 8 nitrogen and oxygen atoms in total. The molecule has 1 saturated carbocycles. The van der Waals surface area contributed by atoms with Gasteiger partial charge in [0.1, 0.15) is 35.6 Å². The van der Waals surface area contributed by atoms with E-state index in [1.54, 1.807) is 12.3 Å². The standard InChI is InChI=1S/C33H38F2N6O2/c1-40(2)32(10-5-6-11-32)19-37-30-26-17-36-28(25-15-23(42)14-21-8-3-4-9-24(21)25)27(35)29(26)38-31(39-30)43-20-33-12-7-13-41(33)18-22(34)16-33/h3-4,8-9,14-15,17,22,42H,5-7,10-13,16,18-20H2,1-2H3,(H,37,38,39)/t22-,33+/m1/s1. The number of fused-ring (bicyclic) bond motifs is 3. The van der Waals surface area contributed by atoms with Gasteiger partial charge in [-0.3, -0.25) is 9.88 Å². The second-order valence-corrected chi connectivity index (χ2v) is 12.8. The lowest BCUT2D eigenvalue weighted by Crippen LogP contribution is -2.47. The number of nitrogens with one attached hydrogen (secondary N) is 1. The van der Waals surface area contributed by atoms with Crippen molar-refractivity contribution in [1.82, 2.24) is 24.8 Å². The zero-order valence-electron chi connectivity index (χ0n) is 24.7. The van der Waals surface area contributed by atoms with Crippen molar-refractivity contribution in [1.29, 1.82) is 0 Å². The summed E-state index contributed by atoms with van der Waals surface area (Å²) >= 11 is 0. The van der Waals surface area contributed by atoms with Gasteiger partial charge in [-0.2, -0.15) is 9.97 Å². The van der Waals surface area contributed by atoms with Gasteiger partial charge in [-0.05, 0) is 69.2 Å². The number of alkyl halides is 1. The van der Waals surface area contributed by atoms with Crippen LogP contribution in [0, 0.1) is 5.82 Å². The summed E-state index contributed by atoms with van der Waals surface area (Å²) < 4.78 is 37.2. The number of aromatic nitrogens is 3. The SMILES string of the molecule is CN(C)C1(CNc2nc(OC[C@@]34CCCN3C[C@H](F)C4)nc3c(F)c(-c4cc(O)cc5ccccc45)ncc23)CCCC1. The Morgan fingerprint density at radius 3 is 2.72 bits per heavy atom. The molecule has 4 aromatic rings. The van der Waals surface area contributed by atoms with E-state index >= 15 is 4.39 Å². The Morgan fingerprint density at radius 2 is 1.91 bits per heavy atom. The zero-order chi connectivity index (χ0) is 29.8. The number of likely N-dealkylation sites (N-methyl/N-ethyl adjacent to an activating group) is 1. The van der Waals surface area contributed by atoms with E-state index in [4.69, 9.17) is 9.72 Å². The van der Waals surface area contributed by atoms with E-state index in [9.17, 15) is 9.50 Å². The van der Waals surface area contributed by atoms with Gasteiger partial charge in [0.2, 0.25) is 0 Å². The molecule has 2 aromatic heterocycles. The monoisotopic (exact) mass is 588 g/mol. The molecule has 0 spiro atoms. The number of phenols is 1. The highest BCUT2D eigenvalue weighted by Gasteiger charge is 2.49. The van der Waals surface area contributed by atoms with Crippen molar-refractivity contribution in [3.63, 3.8) is 0 Å². The minimum atomic E-state index is -0.879. The molecular formula is C33H38F2N6O2. The summed E-state index contributed by atoms with van der Waals surface area (Å²) in [5.74, 6) is -0.128. The van der Waals surface area contributed by atoms with E-state index in [0.29, 0.717) is 36.3 Å². The number of anilines is 1. The minimum absolute atomic E-state index is 0.0257. The molecule has 4 heterocycles. The van der Waals surface area contributed by atoms with Crippen molar-refractivity contribution < 1.29 is 18.6 Å². The number of benzene rings is 2. The van der Waals surface area contributed by atoms with Crippen LogP contribution in [0.5, 0.6) is 11.8 Å². The summed E-state index contributed by atoms with van der Waals surface area (Å²) in [5.41, 5.74) is 0.238. The number of ether oxygens (including phenoxy) is 1. The average Bonchev–Trinajstić information content (AvgIpc) is 3.70. The van der Waals surface area contributed by atoms with Crippen LogP contribution in [0.4, 0.5) is 14.6 Å². The molecule has 7 rings (SSSR count). The normalized spacial score (nSPS) is 23.4. The Labute approximate surface area is 250 Å². The van der Waals surface area contributed by atoms with E-state index in [1.807, 2.05) is 24.3 Å². The molecule has 0 radical (unpaired) electrons. The van der Waals surface area contributed by atoms with E-state index in [-0.39, 0.29) is 40.7 Å². The lowest BCUT2D eigenvalue weighted by atomic mass is 9.95. The van der Waals surface area contributed by atoms with Gasteiger partial charge < -0.3 is 20.1 Å². The molecule has 2 N–H and O–H groups in total. The van der Waals surface area contributed by atoms with Crippen molar-refractivity contribution in [2.75, 3.05) is 45.7 Å². The van der Waals surface area contributed by atoms with Gasteiger partial charge in [0.05, 0.1) is 10.9 Å². The second-order valence-electron chi connectivity index (χ2n) is 12.8. The molecule has 226 valence electrons. The molecule has 10 heteroatoms. The predicted octanol–water partition coefficient (Wildman–Crippen LogP) is 5.93. The van der Waals surface area contributed by atoms with Crippen molar-refractivity contribution >= 4 is 27.5 Å². The lowest BCUT2D eigenvalue weighted by Gasteiger charge is -2.36. The van der Waals surface area contributed by atoms with E-state index in [0.717, 1.165) is 55.8 Å². The van der Waals surface area contributed by atoms with Crippen LogP contribution in [-0.2, 0) is 0 Å². The molecule has 0 unspecified atom stereocenters. The molecule has 2 aliphatic heterocycles. The Bertz CT molecular complexity index is 1680. The number of halogens is 2. The average molecular weight is 589 g/mol. The fourth-order valence-electron chi connectivity index (χ4n) is 7.63. The Hall–Kier alpha value is -3.63. The molecule has 2 aromatic carbocycles. The fourth-order valence-corrected chi connectivity index (χ4v) is 7.63. The third kappa shape index (κ3) is 4.94. The topological polar surface area (TPSA) is 86.6 Å². The van der Waals surface area contributed by atoms with Crippen LogP contribution >= 0.6 is 0 Å². The molecule has 0 amide bonds. The first-order valence-electron chi connectivity index (χ1n) is 15.3. The number of aromatic hydroxyl groups is 1. The molecule has 1 aliphatic carbocycles. The Balaban J connectivity index is 1.31. The molecule has 0 bridgehead atoms. The number of phenolic OH excluding ortho intramolecular Hbond substituents is 1. The van der Waals surface area contributed by atoms with Gasteiger partial charge in [0.25, 0.3) is 0 Å². The fraction of sp³-hybridized carbons (Fsp3) is 0.485. The van der Waals surface area contributed by atoms with Gasteiger partial charge in [0.15, 0.2) is 5.82 Å². The first-order valence-corrected chi connectivity index (χ1v) is 15.3. The first-order chi connectivity index (χ1) is 20.8. The largest absolute Gasteiger partial charge is 0.508 e. The van der Waals surface area contributed by atoms with Gasteiger partial charge in [-0.1, -0.05) is 37.1 Å². The molecule has 2 saturated heterocycles. The van der Waals surface area contributed by atoms with Crippen LogP contribution in [0.15, 0.2) is 42.6 Å². The van der Waals surface area contributed by atoms with Gasteiger partial charge in [-0.25, -0.2) is 8.78 Å². The highest BCUT2D eigenvalue weighted by Crippen LogP contribution is 2.41. The minimum Gasteiger partial charge on any atom is -0.508 e. The van der Waals surface area contributed by atoms with Crippen molar-refractivity contribution in [2.45, 2.75) is 62.2 Å². The van der Waals surface area contributed by atoms with Crippen LogP contribution < -0.4 is 10.1 Å². The second kappa shape index (κ2) is 10.8. The van der Waals surface area contributed by atoms with Crippen molar-refractivity contribution in [2.24, 2.45) is 0 Å². The van der Waals surface area contributed by atoms with Crippen LogP contribution in [0.1, 0.15) is 44.9 Å². The maximum atomic E-state index is 16.5. The smallest absolute Gasteiger partial charge is 0.319 e. The van der Waals surface area contributed by atoms with Crippen molar-refractivity contribution in [3.05, 3.63) is 48.4 Å². The number of pyridine rings is 1. The summed E-state index contributed by atoms with van der Waals surface area (Å²) in [7, 11) is 4.19. The highest BCUT2D eigenvalue weighted by atomic mass is 19.1. The molecule has 43 heavy (non-hydrogen) atoms. The number of hydrogen-bond acceptors (Lipinski definition) is 8. The quantitative estimate of drug-likeness (QED) is 0.262. The number of rotatable bonds is 8. The summed E-state index contributed by atoms with van der Waals surface area (Å²) in [6.07, 6.45) is 7.42. The summed E-state index contributed by atoms with van der Waals surface area (Å²) in [6.45, 7) is 2.15. The number of hydrogen-bond donors (Lipinski definition) is 2. The van der Waals surface area contributed by atoms with Gasteiger partial charge in [-0.15, -0.1) is 0 Å². The van der Waals surface area contributed by atoms with Crippen LogP contribution in [-0.4, -0.2) is 87.4 Å². The van der Waals surface area contributed by atoms with Crippen LogP contribution in [0.3, 0.4) is 0 Å². The lowest BCUT2D eigenvalue weighted by molar-refractivity contribution is 0.107. The summed E-state index contributed by atoms with van der Waals surface area (Å²) in [5, 5.41) is 15.9. The first kappa shape index (κ1) is 28.2. The predicted molar refractivity (Wildman–Crippen MR) is 164 cm³/mol. The Kier molecular flexibility index (Phi) is 7.09. The molecule has 2 atom stereocenters. The molecular weight excluding hydrogens is 550 g/mol. The van der Waals surface area contributed by atoms with E-state index in [2.05, 4.69) is 39.2 Å². The van der Waals surface area contributed by atoms with E-state index in [1.165, 1.54) is 6.07 Å². The Morgan fingerprint density at radius 1 is 1.09 bits per heavy atom. The van der Waals surface area contributed by atoms with Crippen LogP contribution in [0.2, 0.25) is 0 Å². The summed E-state index contributed by atoms with van der Waals surface area (Å²) in [6, 6.07) is 10.7. The maximum Gasteiger partial charge on any atom is 0.319 e. The van der Waals surface area contributed by atoms with E-state index < -0.39 is 12.0 Å². The third-order valence-corrected chi connectivity index (χ3v) is 10.1. The van der Waals surface area contributed by atoms with Gasteiger partial charge in [0, 0.05) is 36.8 Å². The number of nitrogens with zero attached hydrogens (tertiary/aromatic N) is 5. The zero-order valence-corrected chi connectivity index (χ0v) is 24.7. The van der Waals surface area contributed by atoms with Gasteiger partial charge >= 0.3 is 6.01 Å². The highest BCUT2D eigenvalue weighted by molar-refractivity contribution is 5.99. The maximum absolute atomic E-state index is 16.5. The van der Waals surface area contributed by atoms with Crippen LogP contribution in [0.25, 0.3) is 32.9 Å². The molecule has 3 aliphatic rings.